The molecule has 4 amide bonds. The van der Waals surface area contributed by atoms with Crippen LogP contribution in [0.1, 0.15) is 33.6 Å². The van der Waals surface area contributed by atoms with Gasteiger partial charge in [-0.1, -0.05) is 0 Å². The van der Waals surface area contributed by atoms with Gasteiger partial charge in [0.2, 0.25) is 23.6 Å². The lowest BCUT2D eigenvalue weighted by Gasteiger charge is -2.29. The van der Waals surface area contributed by atoms with Gasteiger partial charge < -0.3 is 51.2 Å². The van der Waals surface area contributed by atoms with Crippen LogP contribution in [0.3, 0.4) is 0 Å². The molecule has 1 aliphatic heterocycles. The molecule has 15 nitrogen and oxygen atoms in total. The molecule has 7 unspecified atom stereocenters. The van der Waals surface area contributed by atoms with Crippen molar-refractivity contribution in [3.05, 3.63) is 0 Å². The summed E-state index contributed by atoms with van der Waals surface area (Å²) in [7, 11) is 1.30. The molecular formula is C20H34N4O11. The van der Waals surface area contributed by atoms with Crippen molar-refractivity contribution in [1.29, 1.82) is 0 Å². The van der Waals surface area contributed by atoms with Gasteiger partial charge in [-0.2, -0.15) is 0 Å². The van der Waals surface area contributed by atoms with Crippen LogP contribution < -0.4 is 21.7 Å². The molecule has 8 atom stereocenters. The van der Waals surface area contributed by atoms with Gasteiger partial charge >= 0.3 is 5.97 Å². The van der Waals surface area contributed by atoms with Crippen LogP contribution in [0.2, 0.25) is 0 Å². The smallest absolute Gasteiger partial charge is 0.303 e. The second-order valence-corrected chi connectivity index (χ2v) is 8.05. The molecule has 0 saturated carbocycles. The van der Waals surface area contributed by atoms with E-state index < -0.39 is 91.5 Å². The number of carboxylic acids is 1. The summed E-state index contributed by atoms with van der Waals surface area (Å²) in [5.41, 5.74) is 5.19. The highest BCUT2D eigenvalue weighted by atomic mass is 16.7. The van der Waals surface area contributed by atoms with Crippen LogP contribution in [0.4, 0.5) is 0 Å². The van der Waals surface area contributed by atoms with Gasteiger partial charge in [0.15, 0.2) is 6.29 Å². The quantitative estimate of drug-likeness (QED) is 0.121. The van der Waals surface area contributed by atoms with Crippen LogP contribution in [0.5, 0.6) is 0 Å². The van der Waals surface area contributed by atoms with E-state index in [1.807, 2.05) is 0 Å². The van der Waals surface area contributed by atoms with Crippen molar-refractivity contribution in [3.63, 3.8) is 0 Å². The zero-order valence-electron chi connectivity index (χ0n) is 19.9. The number of primary amides is 1. The number of carboxylic acid groups (broad SMARTS) is 1. The summed E-state index contributed by atoms with van der Waals surface area (Å²) in [4.78, 5) is 58.8. The van der Waals surface area contributed by atoms with Crippen LogP contribution in [0, 0.1) is 0 Å². The highest BCUT2D eigenvalue weighted by Gasteiger charge is 2.50. The fraction of sp³-hybridized carbons (Fsp3) is 0.750. The Balaban J connectivity index is 2.85. The lowest BCUT2D eigenvalue weighted by Crippen LogP contribution is -2.55. The summed E-state index contributed by atoms with van der Waals surface area (Å²) in [6.45, 7) is 3.24. The number of hydrogen-bond donors (Lipinski definition) is 7. The predicted octanol–water partition coefficient (Wildman–Crippen LogP) is -3.67. The molecule has 35 heavy (non-hydrogen) atoms. The Morgan fingerprint density at radius 1 is 1.11 bits per heavy atom. The van der Waals surface area contributed by atoms with Gasteiger partial charge in [0.05, 0.1) is 6.61 Å². The Morgan fingerprint density at radius 3 is 2.23 bits per heavy atom. The van der Waals surface area contributed by atoms with E-state index in [0.29, 0.717) is 0 Å². The maximum Gasteiger partial charge on any atom is 0.303 e. The van der Waals surface area contributed by atoms with Crippen LogP contribution in [0.15, 0.2) is 0 Å². The molecule has 15 heteroatoms. The number of carbonyl (C=O) groups is 5. The first-order chi connectivity index (χ1) is 16.3. The van der Waals surface area contributed by atoms with E-state index in [-0.39, 0.29) is 6.42 Å². The summed E-state index contributed by atoms with van der Waals surface area (Å²) < 4.78 is 16.5. The normalized spacial score (nSPS) is 25.1. The van der Waals surface area contributed by atoms with E-state index in [9.17, 15) is 34.2 Å². The summed E-state index contributed by atoms with van der Waals surface area (Å²) in [6, 6.07) is -3.32. The molecule has 1 heterocycles. The average molecular weight is 507 g/mol. The predicted molar refractivity (Wildman–Crippen MR) is 116 cm³/mol. The maximum absolute atomic E-state index is 12.6. The Kier molecular flexibility index (Phi) is 12.0. The van der Waals surface area contributed by atoms with Crippen molar-refractivity contribution >= 4 is 29.6 Å². The van der Waals surface area contributed by atoms with Crippen LogP contribution in [-0.4, -0.2) is 107 Å². The molecule has 0 aromatic heterocycles. The third-order valence-electron chi connectivity index (χ3n) is 5.22. The third kappa shape index (κ3) is 9.03. The largest absolute Gasteiger partial charge is 0.481 e. The molecule has 0 aromatic carbocycles. The van der Waals surface area contributed by atoms with Gasteiger partial charge in [-0.15, -0.1) is 0 Å². The van der Waals surface area contributed by atoms with E-state index in [1.54, 1.807) is 0 Å². The molecule has 0 bridgehead atoms. The van der Waals surface area contributed by atoms with Gasteiger partial charge in [-0.25, -0.2) is 0 Å². The topological polar surface area (TPSA) is 236 Å². The fourth-order valence-electron chi connectivity index (χ4n) is 3.38. The maximum atomic E-state index is 12.6. The number of nitrogens with one attached hydrogen (secondary N) is 3. The standard InChI is InChI=1S/C20H34N4O11/c1-8(18(31)24-11(17(21)30)5-6-13(28)29)22-19(32)9(2)34-16-14(23-10(3)26)20(33-4)35-15(16)12(27)7-25/h8-9,11-12,14-16,20,25,27H,5-7H2,1-4H3,(H2,21,30)(H,22,32)(H,23,26)(H,24,31)(H,28,29)/t8-,9?,11?,12?,14?,15?,16?,20?/m0/s1. The Hall–Kier alpha value is -2.85. The van der Waals surface area contributed by atoms with Gasteiger partial charge in [0, 0.05) is 20.5 Å². The number of aliphatic carboxylic acids is 1. The number of hydrogen-bond acceptors (Lipinski definition) is 10. The number of aliphatic hydroxyl groups is 2. The van der Waals surface area contributed by atoms with E-state index in [4.69, 9.17) is 25.1 Å². The molecule has 1 aliphatic rings. The number of methoxy groups -OCH3 is 1. The molecule has 0 aliphatic carbocycles. The number of carbonyl (C=O) groups excluding carboxylic acids is 4. The van der Waals surface area contributed by atoms with E-state index in [1.165, 1.54) is 27.9 Å². The summed E-state index contributed by atoms with van der Waals surface area (Å²) in [5.74, 6) is -4.10. The van der Waals surface area contributed by atoms with E-state index >= 15 is 0 Å². The monoisotopic (exact) mass is 506 g/mol. The van der Waals surface area contributed by atoms with Crippen LogP contribution in [-0.2, 0) is 38.2 Å². The van der Waals surface area contributed by atoms with Crippen molar-refractivity contribution in [2.75, 3.05) is 13.7 Å². The average Bonchev–Trinajstić information content (AvgIpc) is 3.11. The number of aliphatic hydroxyl groups excluding tert-OH is 2. The van der Waals surface area contributed by atoms with Crippen molar-refractivity contribution in [2.45, 2.75) is 82.4 Å². The summed E-state index contributed by atoms with van der Waals surface area (Å²) >= 11 is 0. The Bertz CT molecular complexity index is 780. The molecule has 0 radical (unpaired) electrons. The highest BCUT2D eigenvalue weighted by molar-refractivity contribution is 5.92. The zero-order chi connectivity index (χ0) is 26.9. The Morgan fingerprint density at radius 2 is 1.74 bits per heavy atom. The number of ether oxygens (including phenoxy) is 3. The number of rotatable bonds is 14. The second-order valence-electron chi connectivity index (χ2n) is 8.05. The molecule has 200 valence electrons. The van der Waals surface area contributed by atoms with Crippen molar-refractivity contribution in [3.8, 4) is 0 Å². The first-order valence-electron chi connectivity index (χ1n) is 10.8. The van der Waals surface area contributed by atoms with E-state index in [0.717, 1.165) is 0 Å². The molecule has 0 spiro atoms. The number of nitrogens with two attached hydrogens (primary N) is 1. The van der Waals surface area contributed by atoms with Crippen molar-refractivity contribution in [1.82, 2.24) is 16.0 Å². The lowest BCUT2D eigenvalue weighted by atomic mass is 10.0. The molecule has 1 rings (SSSR count). The number of amides is 4. The summed E-state index contributed by atoms with van der Waals surface area (Å²) in [5, 5.41) is 35.4. The van der Waals surface area contributed by atoms with E-state index in [2.05, 4.69) is 16.0 Å². The SMILES string of the molecule is COC1OC(C(O)CO)C(OC(C)C(=O)N[C@@H](C)C(=O)NC(CCC(=O)O)C(N)=O)C1NC(C)=O. The summed E-state index contributed by atoms with van der Waals surface area (Å²) in [6.07, 6.45) is -6.55. The minimum Gasteiger partial charge on any atom is -0.481 e. The minimum atomic E-state index is -1.41. The van der Waals surface area contributed by atoms with Gasteiger partial charge in [-0.3, -0.25) is 24.0 Å². The van der Waals surface area contributed by atoms with Crippen molar-refractivity contribution < 1.29 is 53.5 Å². The minimum absolute atomic E-state index is 0.224. The van der Waals surface area contributed by atoms with Crippen molar-refractivity contribution in [2.24, 2.45) is 5.73 Å². The van der Waals surface area contributed by atoms with Crippen LogP contribution >= 0.6 is 0 Å². The Labute approximate surface area is 201 Å². The molecule has 1 saturated heterocycles. The third-order valence-corrected chi connectivity index (χ3v) is 5.22. The lowest BCUT2D eigenvalue weighted by molar-refractivity contribution is -0.162. The van der Waals surface area contributed by atoms with Crippen LogP contribution in [0.25, 0.3) is 0 Å². The molecular weight excluding hydrogens is 472 g/mol. The molecule has 0 aromatic rings. The first kappa shape index (κ1) is 30.2. The van der Waals surface area contributed by atoms with Gasteiger partial charge in [0.25, 0.3) is 0 Å². The first-order valence-corrected chi connectivity index (χ1v) is 10.8. The highest BCUT2D eigenvalue weighted by Crippen LogP contribution is 2.28. The van der Waals surface area contributed by atoms with Gasteiger partial charge in [-0.05, 0) is 20.3 Å². The fourth-order valence-corrected chi connectivity index (χ4v) is 3.38. The zero-order valence-corrected chi connectivity index (χ0v) is 19.9. The second kappa shape index (κ2) is 13.9. The van der Waals surface area contributed by atoms with Gasteiger partial charge in [0.1, 0.15) is 42.5 Å². The molecule has 8 N–H and O–H groups in total. The molecule has 1 fully saturated rings.